The molecule has 2 heterocycles. The summed E-state index contributed by atoms with van der Waals surface area (Å²) in [4.78, 5) is 20.7. The lowest BCUT2D eigenvalue weighted by Crippen LogP contribution is -2.11. The molecule has 0 saturated carbocycles. The van der Waals surface area contributed by atoms with Crippen LogP contribution in [0.25, 0.3) is 16.9 Å². The number of aryl methyl sites for hydroxylation is 1. The van der Waals surface area contributed by atoms with E-state index in [2.05, 4.69) is 16.0 Å². The highest BCUT2D eigenvalue weighted by molar-refractivity contribution is 5.99. The minimum absolute atomic E-state index is 0.241. The highest BCUT2D eigenvalue weighted by atomic mass is 16.1. The zero-order valence-corrected chi connectivity index (χ0v) is 10.9. The number of hydrogen-bond acceptors (Lipinski definition) is 3. The number of imidazole rings is 1. The second kappa shape index (κ2) is 4.27. The summed E-state index contributed by atoms with van der Waals surface area (Å²) >= 11 is 0. The molecule has 0 amide bonds. The maximum absolute atomic E-state index is 12.0. The van der Waals surface area contributed by atoms with Crippen molar-refractivity contribution in [3.63, 3.8) is 0 Å². The van der Waals surface area contributed by atoms with E-state index in [1.165, 1.54) is 0 Å². The molecule has 0 fully saturated rings. The van der Waals surface area contributed by atoms with Crippen LogP contribution in [0.3, 0.4) is 0 Å². The summed E-state index contributed by atoms with van der Waals surface area (Å²) in [5.41, 5.74) is 4.63. The third kappa shape index (κ3) is 1.65. The van der Waals surface area contributed by atoms with Crippen molar-refractivity contribution in [2.24, 2.45) is 0 Å². The van der Waals surface area contributed by atoms with E-state index in [1.807, 2.05) is 28.8 Å². The van der Waals surface area contributed by atoms with Crippen LogP contribution in [0.5, 0.6) is 0 Å². The normalized spacial score (nSPS) is 14.5. The van der Waals surface area contributed by atoms with Crippen molar-refractivity contribution < 1.29 is 4.79 Å². The van der Waals surface area contributed by atoms with E-state index in [0.717, 1.165) is 40.8 Å². The maximum Gasteiger partial charge on any atom is 0.164 e. The number of carbonyl (C=O) groups excluding carboxylic acids is 1. The molecule has 0 saturated heterocycles. The number of hydrogen-bond donors (Lipinski definition) is 0. The first-order valence-corrected chi connectivity index (χ1v) is 6.77. The molecule has 20 heavy (non-hydrogen) atoms. The van der Waals surface area contributed by atoms with Gasteiger partial charge in [0.1, 0.15) is 11.8 Å². The van der Waals surface area contributed by atoms with Crippen molar-refractivity contribution in [3.05, 3.63) is 54.0 Å². The standard InChI is InChI=1S/C16H13N3O/c20-15-5-1-3-11-6-7-12(9-13(11)15)19-10-18-14-4-2-8-17-16(14)19/h2,4,6-10H,1,3,5H2. The predicted molar refractivity (Wildman–Crippen MR) is 76.1 cm³/mol. The molecular weight excluding hydrogens is 250 g/mol. The van der Waals surface area contributed by atoms with Gasteiger partial charge in [0.25, 0.3) is 0 Å². The van der Waals surface area contributed by atoms with Crippen molar-refractivity contribution in [3.8, 4) is 5.69 Å². The predicted octanol–water partition coefficient (Wildman–Crippen LogP) is 2.94. The minimum atomic E-state index is 0.241. The summed E-state index contributed by atoms with van der Waals surface area (Å²) in [5.74, 6) is 0.241. The molecule has 2 aromatic heterocycles. The Kier molecular flexibility index (Phi) is 2.42. The number of ketones is 1. The van der Waals surface area contributed by atoms with Gasteiger partial charge in [-0.25, -0.2) is 9.97 Å². The average molecular weight is 263 g/mol. The SMILES string of the molecule is O=C1CCCc2ccc(-n3cnc4cccnc43)cc21. The summed E-state index contributed by atoms with van der Waals surface area (Å²) in [6.07, 6.45) is 6.11. The van der Waals surface area contributed by atoms with Gasteiger partial charge >= 0.3 is 0 Å². The van der Waals surface area contributed by atoms with Gasteiger partial charge in [-0.1, -0.05) is 6.07 Å². The molecule has 0 aliphatic heterocycles. The van der Waals surface area contributed by atoms with Gasteiger partial charge in [0.05, 0.1) is 0 Å². The van der Waals surface area contributed by atoms with Gasteiger partial charge in [0, 0.05) is 23.9 Å². The first kappa shape index (κ1) is 11.3. The van der Waals surface area contributed by atoms with Crippen molar-refractivity contribution in [1.29, 1.82) is 0 Å². The minimum Gasteiger partial charge on any atom is -0.294 e. The first-order chi connectivity index (χ1) is 9.83. The van der Waals surface area contributed by atoms with Crippen LogP contribution in [0.15, 0.2) is 42.9 Å². The first-order valence-electron chi connectivity index (χ1n) is 6.77. The molecule has 0 N–H and O–H groups in total. The van der Waals surface area contributed by atoms with Crippen LogP contribution in [0.4, 0.5) is 0 Å². The largest absolute Gasteiger partial charge is 0.294 e. The lowest BCUT2D eigenvalue weighted by molar-refractivity contribution is 0.0972. The molecule has 1 aromatic carbocycles. The van der Waals surface area contributed by atoms with Crippen molar-refractivity contribution in [2.45, 2.75) is 19.3 Å². The van der Waals surface area contributed by atoms with Gasteiger partial charge in [0.15, 0.2) is 11.4 Å². The number of nitrogens with zero attached hydrogens (tertiary/aromatic N) is 3. The van der Waals surface area contributed by atoms with Crippen LogP contribution >= 0.6 is 0 Å². The number of aromatic nitrogens is 3. The van der Waals surface area contributed by atoms with E-state index >= 15 is 0 Å². The topological polar surface area (TPSA) is 47.8 Å². The van der Waals surface area contributed by atoms with E-state index < -0.39 is 0 Å². The number of carbonyl (C=O) groups is 1. The molecule has 1 aliphatic carbocycles. The van der Waals surface area contributed by atoms with Crippen LogP contribution in [0.2, 0.25) is 0 Å². The zero-order valence-electron chi connectivity index (χ0n) is 10.9. The third-order valence-corrected chi connectivity index (χ3v) is 3.83. The number of rotatable bonds is 1. The van der Waals surface area contributed by atoms with Gasteiger partial charge in [-0.2, -0.15) is 0 Å². The monoisotopic (exact) mass is 263 g/mol. The molecule has 0 unspecified atom stereocenters. The lowest BCUT2D eigenvalue weighted by atomic mass is 9.90. The summed E-state index contributed by atoms with van der Waals surface area (Å²) in [6.45, 7) is 0. The number of fused-ring (bicyclic) bond motifs is 2. The Morgan fingerprint density at radius 3 is 3.00 bits per heavy atom. The Labute approximate surface area is 116 Å². The van der Waals surface area contributed by atoms with E-state index in [9.17, 15) is 4.79 Å². The summed E-state index contributed by atoms with van der Waals surface area (Å²) in [6, 6.07) is 9.86. The molecule has 0 spiro atoms. The van der Waals surface area contributed by atoms with E-state index in [0.29, 0.717) is 6.42 Å². The highest BCUT2D eigenvalue weighted by Gasteiger charge is 2.18. The molecule has 4 nitrogen and oxygen atoms in total. The number of Topliss-reactive ketones (excluding diaryl/α,β-unsaturated/α-hetero) is 1. The Morgan fingerprint density at radius 1 is 1.10 bits per heavy atom. The highest BCUT2D eigenvalue weighted by Crippen LogP contribution is 2.25. The third-order valence-electron chi connectivity index (χ3n) is 3.83. The van der Waals surface area contributed by atoms with Crippen LogP contribution in [-0.2, 0) is 6.42 Å². The van der Waals surface area contributed by atoms with Crippen LogP contribution in [0, 0.1) is 0 Å². The molecule has 3 aromatic rings. The molecule has 4 heteroatoms. The molecule has 98 valence electrons. The maximum atomic E-state index is 12.0. The molecule has 0 atom stereocenters. The van der Waals surface area contributed by atoms with Gasteiger partial charge < -0.3 is 0 Å². The molecule has 0 bridgehead atoms. The van der Waals surface area contributed by atoms with Gasteiger partial charge in [0.2, 0.25) is 0 Å². The second-order valence-corrected chi connectivity index (χ2v) is 5.08. The summed E-state index contributed by atoms with van der Waals surface area (Å²) in [5, 5.41) is 0. The smallest absolute Gasteiger partial charge is 0.164 e. The van der Waals surface area contributed by atoms with Crippen LogP contribution in [-0.4, -0.2) is 20.3 Å². The summed E-state index contributed by atoms with van der Waals surface area (Å²) < 4.78 is 1.93. The second-order valence-electron chi connectivity index (χ2n) is 5.08. The van der Waals surface area contributed by atoms with Crippen LogP contribution < -0.4 is 0 Å². The Hall–Kier alpha value is -2.49. The van der Waals surface area contributed by atoms with Gasteiger partial charge in [-0.3, -0.25) is 9.36 Å². The van der Waals surface area contributed by atoms with E-state index in [4.69, 9.17) is 0 Å². The fraction of sp³-hybridized carbons (Fsp3) is 0.188. The lowest BCUT2D eigenvalue weighted by Gasteiger charge is -2.15. The Morgan fingerprint density at radius 2 is 2.05 bits per heavy atom. The number of pyridine rings is 1. The molecule has 0 radical (unpaired) electrons. The molecule has 4 rings (SSSR count). The summed E-state index contributed by atoms with van der Waals surface area (Å²) in [7, 11) is 0. The quantitative estimate of drug-likeness (QED) is 0.678. The molecular formula is C16H13N3O. The Bertz CT molecular complexity index is 819. The average Bonchev–Trinajstić information content (AvgIpc) is 2.91. The Balaban J connectivity index is 1.91. The number of benzene rings is 1. The van der Waals surface area contributed by atoms with E-state index in [1.54, 1.807) is 12.5 Å². The zero-order chi connectivity index (χ0) is 13.5. The van der Waals surface area contributed by atoms with Gasteiger partial charge in [-0.05, 0) is 42.7 Å². The van der Waals surface area contributed by atoms with Crippen LogP contribution in [0.1, 0.15) is 28.8 Å². The van der Waals surface area contributed by atoms with Crippen molar-refractivity contribution in [2.75, 3.05) is 0 Å². The van der Waals surface area contributed by atoms with Crippen molar-refractivity contribution in [1.82, 2.24) is 14.5 Å². The molecule has 1 aliphatic rings. The van der Waals surface area contributed by atoms with E-state index in [-0.39, 0.29) is 5.78 Å². The van der Waals surface area contributed by atoms with Gasteiger partial charge in [-0.15, -0.1) is 0 Å². The van der Waals surface area contributed by atoms with Crippen molar-refractivity contribution >= 4 is 16.9 Å². The fourth-order valence-electron chi connectivity index (χ4n) is 2.80. The fourth-order valence-corrected chi connectivity index (χ4v) is 2.80.